The van der Waals surface area contributed by atoms with E-state index in [1.807, 2.05) is 43.5 Å². The standard InChI is InChI=1S/C14H16N2O2S/c1-11-9-16-13(19-11)7-8-15-14(17)18-10-12-5-3-2-4-6-12/h2-6,9H,7-8,10H2,1H3,(H,15,17). The summed E-state index contributed by atoms with van der Waals surface area (Å²) in [6.07, 6.45) is 2.18. The van der Waals surface area contributed by atoms with Gasteiger partial charge in [0, 0.05) is 24.0 Å². The number of hydrogen-bond acceptors (Lipinski definition) is 4. The number of alkyl carbamates (subject to hydrolysis) is 1. The maximum Gasteiger partial charge on any atom is 0.407 e. The molecule has 0 bridgehead atoms. The fourth-order valence-electron chi connectivity index (χ4n) is 1.56. The van der Waals surface area contributed by atoms with Crippen LogP contribution in [0.25, 0.3) is 0 Å². The van der Waals surface area contributed by atoms with Crippen LogP contribution in [-0.2, 0) is 17.8 Å². The molecule has 0 aliphatic rings. The van der Waals surface area contributed by atoms with Gasteiger partial charge in [-0.2, -0.15) is 0 Å². The number of benzene rings is 1. The van der Waals surface area contributed by atoms with Crippen LogP contribution in [0.1, 0.15) is 15.4 Å². The summed E-state index contributed by atoms with van der Waals surface area (Å²) < 4.78 is 5.10. The molecule has 5 heteroatoms. The van der Waals surface area contributed by atoms with Crippen LogP contribution < -0.4 is 5.32 Å². The number of amides is 1. The number of nitrogens with zero attached hydrogens (tertiary/aromatic N) is 1. The highest BCUT2D eigenvalue weighted by Crippen LogP contribution is 2.10. The quantitative estimate of drug-likeness (QED) is 0.913. The lowest BCUT2D eigenvalue weighted by molar-refractivity contribution is 0.140. The molecule has 2 rings (SSSR count). The predicted octanol–water partition coefficient (Wildman–Crippen LogP) is 2.92. The van der Waals surface area contributed by atoms with E-state index in [1.165, 1.54) is 4.88 Å². The number of thiazole rings is 1. The van der Waals surface area contributed by atoms with Crippen molar-refractivity contribution in [3.05, 3.63) is 52.0 Å². The summed E-state index contributed by atoms with van der Waals surface area (Å²) in [4.78, 5) is 16.9. The molecule has 0 radical (unpaired) electrons. The first-order chi connectivity index (χ1) is 9.24. The van der Waals surface area contributed by atoms with Gasteiger partial charge in [-0.3, -0.25) is 0 Å². The van der Waals surface area contributed by atoms with Gasteiger partial charge in [0.15, 0.2) is 0 Å². The molecule has 0 saturated heterocycles. The Morgan fingerprint density at radius 3 is 2.84 bits per heavy atom. The van der Waals surface area contributed by atoms with Gasteiger partial charge in [0.1, 0.15) is 6.61 Å². The second kappa shape index (κ2) is 6.89. The molecule has 1 N–H and O–H groups in total. The maximum atomic E-state index is 11.5. The van der Waals surface area contributed by atoms with E-state index in [0.29, 0.717) is 13.2 Å². The molecule has 100 valence electrons. The number of ether oxygens (including phenoxy) is 1. The Kier molecular flexibility index (Phi) is 4.92. The zero-order chi connectivity index (χ0) is 13.5. The Morgan fingerprint density at radius 2 is 2.16 bits per heavy atom. The van der Waals surface area contributed by atoms with E-state index in [4.69, 9.17) is 4.74 Å². The summed E-state index contributed by atoms with van der Waals surface area (Å²) in [7, 11) is 0. The van der Waals surface area contributed by atoms with Crippen LogP contribution in [0.2, 0.25) is 0 Å². The smallest absolute Gasteiger partial charge is 0.407 e. The molecule has 0 spiro atoms. The monoisotopic (exact) mass is 276 g/mol. The van der Waals surface area contributed by atoms with Crippen LogP contribution in [0.4, 0.5) is 4.79 Å². The van der Waals surface area contributed by atoms with Crippen molar-refractivity contribution in [3.8, 4) is 0 Å². The maximum absolute atomic E-state index is 11.5. The summed E-state index contributed by atoms with van der Waals surface area (Å²) >= 11 is 1.65. The van der Waals surface area contributed by atoms with E-state index < -0.39 is 6.09 Å². The third-order valence-corrected chi connectivity index (χ3v) is 3.46. The Balaban J connectivity index is 1.65. The highest BCUT2D eigenvalue weighted by molar-refractivity contribution is 7.11. The highest BCUT2D eigenvalue weighted by Gasteiger charge is 2.03. The average molecular weight is 276 g/mol. The van der Waals surface area contributed by atoms with Gasteiger partial charge in [0.25, 0.3) is 0 Å². The summed E-state index contributed by atoms with van der Waals surface area (Å²) in [6, 6.07) is 9.61. The van der Waals surface area contributed by atoms with Crippen LogP contribution in [0.15, 0.2) is 36.5 Å². The average Bonchev–Trinajstić information content (AvgIpc) is 2.83. The molecule has 0 atom stereocenters. The molecule has 0 unspecified atom stereocenters. The lowest BCUT2D eigenvalue weighted by atomic mass is 10.2. The molecule has 19 heavy (non-hydrogen) atoms. The Morgan fingerprint density at radius 1 is 1.37 bits per heavy atom. The van der Waals surface area contributed by atoms with Crippen molar-refractivity contribution >= 4 is 17.4 Å². The van der Waals surface area contributed by atoms with Gasteiger partial charge >= 0.3 is 6.09 Å². The molecule has 2 aromatic rings. The first-order valence-corrected chi connectivity index (χ1v) is 6.91. The third-order valence-electron chi connectivity index (χ3n) is 2.49. The summed E-state index contributed by atoms with van der Waals surface area (Å²) in [5.41, 5.74) is 0.980. The van der Waals surface area contributed by atoms with Gasteiger partial charge in [-0.05, 0) is 12.5 Å². The number of hydrogen-bond donors (Lipinski definition) is 1. The highest BCUT2D eigenvalue weighted by atomic mass is 32.1. The van der Waals surface area contributed by atoms with E-state index in [2.05, 4.69) is 10.3 Å². The molecule has 1 aromatic heterocycles. The molecule has 0 saturated carbocycles. The third kappa shape index (κ3) is 4.71. The number of nitrogens with one attached hydrogen (secondary N) is 1. The number of rotatable bonds is 5. The van der Waals surface area contributed by atoms with Crippen molar-refractivity contribution in [2.45, 2.75) is 20.0 Å². The zero-order valence-corrected chi connectivity index (χ0v) is 11.6. The minimum Gasteiger partial charge on any atom is -0.445 e. The van der Waals surface area contributed by atoms with Crippen LogP contribution >= 0.6 is 11.3 Å². The van der Waals surface area contributed by atoms with Gasteiger partial charge in [0.05, 0.1) is 5.01 Å². The molecule has 1 aromatic carbocycles. The van der Waals surface area contributed by atoms with E-state index >= 15 is 0 Å². The summed E-state index contributed by atoms with van der Waals surface area (Å²) in [5, 5.41) is 3.74. The number of aryl methyl sites for hydroxylation is 1. The fraction of sp³-hybridized carbons (Fsp3) is 0.286. The molecule has 4 nitrogen and oxygen atoms in total. The molecule has 0 aliphatic carbocycles. The first kappa shape index (κ1) is 13.5. The predicted molar refractivity (Wildman–Crippen MR) is 75.2 cm³/mol. The molecule has 0 fully saturated rings. The van der Waals surface area contributed by atoms with Gasteiger partial charge < -0.3 is 10.1 Å². The van der Waals surface area contributed by atoms with E-state index in [9.17, 15) is 4.79 Å². The molecular weight excluding hydrogens is 260 g/mol. The van der Waals surface area contributed by atoms with Crippen molar-refractivity contribution in [1.29, 1.82) is 0 Å². The molecule has 0 aliphatic heterocycles. The van der Waals surface area contributed by atoms with E-state index in [-0.39, 0.29) is 0 Å². The second-order valence-electron chi connectivity index (χ2n) is 4.10. The minimum atomic E-state index is -0.392. The van der Waals surface area contributed by atoms with Crippen molar-refractivity contribution in [2.75, 3.05) is 6.54 Å². The van der Waals surface area contributed by atoms with Gasteiger partial charge in [-0.25, -0.2) is 9.78 Å². The number of aromatic nitrogens is 1. The largest absolute Gasteiger partial charge is 0.445 e. The topological polar surface area (TPSA) is 51.2 Å². The van der Waals surface area contributed by atoms with Crippen LogP contribution in [0.3, 0.4) is 0 Å². The normalized spacial score (nSPS) is 10.2. The van der Waals surface area contributed by atoms with Crippen molar-refractivity contribution in [1.82, 2.24) is 10.3 Å². The van der Waals surface area contributed by atoms with Crippen LogP contribution in [0, 0.1) is 6.92 Å². The Bertz CT molecular complexity index is 525. The van der Waals surface area contributed by atoms with Gasteiger partial charge in [0.2, 0.25) is 0 Å². The summed E-state index contributed by atoms with van der Waals surface area (Å²) in [5.74, 6) is 0. The van der Waals surface area contributed by atoms with Crippen molar-refractivity contribution in [3.63, 3.8) is 0 Å². The molecule has 1 heterocycles. The molecule has 1 amide bonds. The number of carbonyl (C=O) groups is 1. The van der Waals surface area contributed by atoms with E-state index in [1.54, 1.807) is 11.3 Å². The lowest BCUT2D eigenvalue weighted by Crippen LogP contribution is -2.26. The minimum absolute atomic E-state index is 0.295. The lowest BCUT2D eigenvalue weighted by Gasteiger charge is -2.06. The zero-order valence-electron chi connectivity index (χ0n) is 10.8. The SMILES string of the molecule is Cc1cnc(CCNC(=O)OCc2ccccc2)s1. The van der Waals surface area contributed by atoms with E-state index in [0.717, 1.165) is 17.0 Å². The van der Waals surface area contributed by atoms with Crippen LogP contribution in [0.5, 0.6) is 0 Å². The van der Waals surface area contributed by atoms with Gasteiger partial charge in [-0.1, -0.05) is 30.3 Å². The molecular formula is C14H16N2O2S. The Labute approximate surface area is 116 Å². The second-order valence-corrected chi connectivity index (χ2v) is 5.42. The Hall–Kier alpha value is -1.88. The van der Waals surface area contributed by atoms with Crippen LogP contribution in [-0.4, -0.2) is 17.6 Å². The first-order valence-electron chi connectivity index (χ1n) is 6.10. The van der Waals surface area contributed by atoms with Gasteiger partial charge in [-0.15, -0.1) is 11.3 Å². The van der Waals surface area contributed by atoms with Crippen molar-refractivity contribution < 1.29 is 9.53 Å². The van der Waals surface area contributed by atoms with Crippen molar-refractivity contribution in [2.24, 2.45) is 0 Å². The summed E-state index contributed by atoms with van der Waals surface area (Å²) in [6.45, 7) is 2.85. The fourth-order valence-corrected chi connectivity index (χ4v) is 2.35. The number of carbonyl (C=O) groups excluding carboxylic acids is 1.